The number of hydrogen-bond donors (Lipinski definition) is 6. The van der Waals surface area contributed by atoms with Gasteiger partial charge in [0.15, 0.2) is 6.23 Å². The number of imide groups is 1. The van der Waals surface area contributed by atoms with E-state index in [1.165, 1.54) is 7.11 Å². The maximum atomic E-state index is 13.4. The molecule has 5 atom stereocenters. The Kier molecular flexibility index (Phi) is 6.10. The summed E-state index contributed by atoms with van der Waals surface area (Å²) < 4.78 is 13.4. The van der Waals surface area contributed by atoms with Gasteiger partial charge in [-0.15, -0.1) is 11.6 Å². The van der Waals surface area contributed by atoms with E-state index in [1.54, 1.807) is 41.0 Å². The van der Waals surface area contributed by atoms with Gasteiger partial charge in [-0.3, -0.25) is 14.9 Å². The minimum atomic E-state index is -1.46. The molecule has 0 unspecified atom stereocenters. The molecule has 212 valence electrons. The number of aromatic nitrogens is 2. The molecular formula is C29H26ClN3O8. The summed E-state index contributed by atoms with van der Waals surface area (Å²) >= 11 is 6.21. The third-order valence-corrected chi connectivity index (χ3v) is 8.61. The Morgan fingerprint density at radius 2 is 1.61 bits per heavy atom. The molecule has 2 amide bonds. The van der Waals surface area contributed by atoms with E-state index in [0.29, 0.717) is 54.7 Å². The molecule has 5 aromatic rings. The minimum Gasteiger partial charge on any atom is -0.392 e. The number of fused-ring (bicyclic) bond motifs is 10. The third kappa shape index (κ3) is 3.55. The fourth-order valence-electron chi connectivity index (χ4n) is 6.48. The number of aliphatic hydroxyl groups excluding tert-OH is 4. The second-order valence-electron chi connectivity index (χ2n) is 10.5. The molecule has 6 N–H and O–H groups in total. The lowest BCUT2D eigenvalue weighted by atomic mass is 9.95. The number of halogens is 1. The van der Waals surface area contributed by atoms with Crippen molar-refractivity contribution in [3.05, 3.63) is 58.7 Å². The van der Waals surface area contributed by atoms with Gasteiger partial charge < -0.3 is 39.5 Å². The Labute approximate surface area is 236 Å². The number of alkyl halides is 1. The van der Waals surface area contributed by atoms with E-state index in [4.69, 9.17) is 21.1 Å². The number of aliphatic hydroxyl groups is 4. The Balaban J connectivity index is 1.68. The van der Waals surface area contributed by atoms with E-state index in [1.807, 2.05) is 0 Å². The van der Waals surface area contributed by atoms with Crippen molar-refractivity contribution in [1.29, 1.82) is 0 Å². The maximum Gasteiger partial charge on any atom is 0.259 e. The fraction of sp³-hybridized carbons (Fsp3) is 0.310. The van der Waals surface area contributed by atoms with Crippen LogP contribution < -0.4 is 5.32 Å². The molecule has 1 saturated heterocycles. The smallest absolute Gasteiger partial charge is 0.259 e. The van der Waals surface area contributed by atoms with Gasteiger partial charge >= 0.3 is 0 Å². The highest BCUT2D eigenvalue weighted by atomic mass is 35.5. The van der Waals surface area contributed by atoms with E-state index in [9.17, 15) is 30.0 Å². The average molecular weight is 580 g/mol. The van der Waals surface area contributed by atoms with Crippen molar-refractivity contribution in [3.8, 4) is 0 Å². The molecule has 4 heterocycles. The molecule has 0 saturated carbocycles. The number of nitrogens with zero attached hydrogens (tertiary/aromatic N) is 1. The van der Waals surface area contributed by atoms with E-state index < -0.39 is 42.5 Å². The van der Waals surface area contributed by atoms with E-state index in [0.717, 1.165) is 0 Å². The second kappa shape index (κ2) is 9.50. The SMILES string of the molecule is CO[C@H]1[C@H](O)[C@@H](O)[C@H](n2c3ccc(CO)cc3c3c4c(c5c6cc(CO)ccc6[nH]c5c32)C(=O)NC4=O)O[C@@H]1CCl. The summed E-state index contributed by atoms with van der Waals surface area (Å²) in [6.07, 6.45) is -5.64. The molecule has 0 aliphatic carbocycles. The maximum absolute atomic E-state index is 13.4. The predicted molar refractivity (Wildman–Crippen MR) is 150 cm³/mol. The second-order valence-corrected chi connectivity index (χ2v) is 10.8. The van der Waals surface area contributed by atoms with Crippen LogP contribution in [0.1, 0.15) is 38.1 Å². The number of methoxy groups -OCH3 is 1. The number of aromatic amines is 1. The monoisotopic (exact) mass is 579 g/mol. The Morgan fingerprint density at radius 3 is 2.27 bits per heavy atom. The molecule has 0 spiro atoms. The quantitative estimate of drug-likeness (QED) is 0.136. The number of ether oxygens (including phenoxy) is 2. The number of H-pyrrole nitrogens is 1. The number of amides is 2. The predicted octanol–water partition coefficient (Wildman–Crippen LogP) is 2.17. The fourth-order valence-corrected chi connectivity index (χ4v) is 6.73. The van der Waals surface area contributed by atoms with Crippen molar-refractivity contribution in [2.75, 3.05) is 13.0 Å². The zero-order valence-corrected chi connectivity index (χ0v) is 22.5. The molecule has 1 fully saturated rings. The van der Waals surface area contributed by atoms with Crippen molar-refractivity contribution >= 4 is 67.0 Å². The number of rotatable bonds is 5. The summed E-state index contributed by atoms with van der Waals surface area (Å²) in [4.78, 5) is 30.1. The summed E-state index contributed by atoms with van der Waals surface area (Å²) in [6.45, 7) is -0.484. The Morgan fingerprint density at radius 1 is 0.951 bits per heavy atom. The molecule has 3 aromatic carbocycles. The summed E-state index contributed by atoms with van der Waals surface area (Å²) in [7, 11) is 1.40. The lowest BCUT2D eigenvalue weighted by Gasteiger charge is -2.42. The topological polar surface area (TPSA) is 166 Å². The van der Waals surface area contributed by atoms with E-state index >= 15 is 0 Å². The van der Waals surface area contributed by atoms with Crippen LogP contribution in [0, 0.1) is 0 Å². The van der Waals surface area contributed by atoms with Crippen molar-refractivity contribution in [2.24, 2.45) is 0 Å². The number of carbonyl (C=O) groups is 2. The van der Waals surface area contributed by atoms with Crippen LogP contribution in [-0.2, 0) is 22.7 Å². The van der Waals surface area contributed by atoms with Crippen LogP contribution in [0.3, 0.4) is 0 Å². The Bertz CT molecular complexity index is 1910. The van der Waals surface area contributed by atoms with Gasteiger partial charge in [-0.05, 0) is 35.4 Å². The Hall–Kier alpha value is -3.55. The molecule has 12 heteroatoms. The number of hydrogen-bond acceptors (Lipinski definition) is 8. The molecule has 2 aliphatic heterocycles. The van der Waals surface area contributed by atoms with Crippen LogP contribution in [0.2, 0.25) is 0 Å². The lowest BCUT2D eigenvalue weighted by molar-refractivity contribution is -0.243. The van der Waals surface area contributed by atoms with Gasteiger partial charge in [0.25, 0.3) is 11.8 Å². The van der Waals surface area contributed by atoms with Crippen LogP contribution in [0.15, 0.2) is 36.4 Å². The van der Waals surface area contributed by atoms with E-state index in [2.05, 4.69) is 10.3 Å². The largest absolute Gasteiger partial charge is 0.392 e. The highest BCUT2D eigenvalue weighted by molar-refractivity contribution is 6.39. The van der Waals surface area contributed by atoms with Crippen molar-refractivity contribution in [1.82, 2.24) is 14.9 Å². The normalized spacial score (nSPS) is 24.7. The molecule has 41 heavy (non-hydrogen) atoms. The first-order valence-electron chi connectivity index (χ1n) is 13.1. The van der Waals surface area contributed by atoms with Gasteiger partial charge in [-0.25, -0.2) is 0 Å². The van der Waals surface area contributed by atoms with Gasteiger partial charge in [-0.2, -0.15) is 0 Å². The molecule has 2 aromatic heterocycles. The van der Waals surface area contributed by atoms with Crippen molar-refractivity contribution in [3.63, 3.8) is 0 Å². The summed E-state index contributed by atoms with van der Waals surface area (Å²) in [6, 6.07) is 10.5. The standard InChI is InChI=1S/C29H26ClN3O8/c1-40-26-17(8-30)41-29(25(37)24(26)36)33-16-5-3-12(10-35)7-14(16)19-21-20(27(38)32-28(21)39)18-13-6-11(9-34)2-4-15(13)31-22(18)23(19)33/h2-7,17,24-26,29,31,34-37H,8-10H2,1H3,(H,32,38,39)/t17-,24-,25-,26-,29-/m1/s1. The number of benzene rings is 3. The van der Waals surface area contributed by atoms with Crippen molar-refractivity contribution in [2.45, 2.75) is 43.9 Å². The number of carbonyl (C=O) groups excluding carboxylic acids is 2. The van der Waals surface area contributed by atoms with Crippen molar-refractivity contribution < 1.29 is 39.5 Å². The zero-order chi connectivity index (χ0) is 28.7. The molecule has 7 rings (SSSR count). The highest BCUT2D eigenvalue weighted by Crippen LogP contribution is 2.46. The zero-order valence-electron chi connectivity index (χ0n) is 21.7. The highest BCUT2D eigenvalue weighted by Gasteiger charge is 2.47. The van der Waals surface area contributed by atoms with Crippen LogP contribution >= 0.6 is 11.6 Å². The molecule has 0 bridgehead atoms. The molecular weight excluding hydrogens is 554 g/mol. The molecule has 0 radical (unpaired) electrons. The van der Waals surface area contributed by atoms with Gasteiger partial charge in [0.1, 0.15) is 24.4 Å². The van der Waals surface area contributed by atoms with Crippen LogP contribution in [0.5, 0.6) is 0 Å². The first-order chi connectivity index (χ1) is 19.8. The minimum absolute atomic E-state index is 0.0252. The summed E-state index contributed by atoms with van der Waals surface area (Å²) in [5.74, 6) is -1.16. The summed E-state index contributed by atoms with van der Waals surface area (Å²) in [5, 5.41) is 46.7. The van der Waals surface area contributed by atoms with Crippen LogP contribution in [-0.4, -0.2) is 79.2 Å². The molecule has 2 aliphatic rings. The van der Waals surface area contributed by atoms with Gasteiger partial charge in [-0.1, -0.05) is 12.1 Å². The molecule has 11 nitrogen and oxygen atoms in total. The van der Waals surface area contributed by atoms with Gasteiger partial charge in [0.05, 0.1) is 46.8 Å². The van der Waals surface area contributed by atoms with Gasteiger partial charge in [0, 0.05) is 34.2 Å². The van der Waals surface area contributed by atoms with Crippen LogP contribution in [0.25, 0.3) is 43.6 Å². The van der Waals surface area contributed by atoms with E-state index in [-0.39, 0.29) is 30.2 Å². The van der Waals surface area contributed by atoms with Gasteiger partial charge in [0.2, 0.25) is 0 Å². The first kappa shape index (κ1) is 26.4. The number of nitrogens with one attached hydrogen (secondary N) is 2. The first-order valence-corrected chi connectivity index (χ1v) is 13.6. The lowest BCUT2D eigenvalue weighted by Crippen LogP contribution is -2.56. The average Bonchev–Trinajstić information content (AvgIpc) is 3.62. The third-order valence-electron chi connectivity index (χ3n) is 8.30. The summed E-state index contributed by atoms with van der Waals surface area (Å²) in [5.41, 5.74) is 3.69. The van der Waals surface area contributed by atoms with Crippen LogP contribution in [0.4, 0.5) is 0 Å².